The lowest BCUT2D eigenvalue weighted by Crippen LogP contribution is -2.28. The molecule has 1 fully saturated rings. The molecule has 0 bridgehead atoms. The normalized spacial score (nSPS) is 14.4. The van der Waals surface area contributed by atoms with Gasteiger partial charge in [0.25, 0.3) is 0 Å². The van der Waals surface area contributed by atoms with Crippen molar-refractivity contribution in [1.29, 1.82) is 0 Å². The summed E-state index contributed by atoms with van der Waals surface area (Å²) in [4.78, 5) is 34.5. The molecular formula is C24H42O10. The van der Waals surface area contributed by atoms with Gasteiger partial charge in [0.1, 0.15) is 0 Å². The van der Waals surface area contributed by atoms with Crippen LogP contribution in [0, 0.1) is 5.92 Å². The Hall–Kier alpha value is -1.43. The third-order valence-electron chi connectivity index (χ3n) is 4.82. The smallest absolute Gasteiger partial charge is 0.307 e. The van der Waals surface area contributed by atoms with Crippen molar-refractivity contribution in [2.24, 2.45) is 5.92 Å². The maximum Gasteiger partial charge on any atom is 0.307 e. The molecular weight excluding hydrogens is 448 g/mol. The maximum atomic E-state index is 11.7. The fraction of sp³-hybridized carbons (Fsp3) is 0.875. The minimum absolute atomic E-state index is 0.104. The Bertz CT molecular complexity index is 536. The van der Waals surface area contributed by atoms with E-state index in [1.54, 1.807) is 0 Å². The molecule has 198 valence electrons. The number of carbonyl (C=O) groups is 3. The van der Waals surface area contributed by atoms with Crippen molar-refractivity contribution in [3.8, 4) is 0 Å². The second kappa shape index (κ2) is 20.9. The number of hydrogen-bond donors (Lipinski definition) is 0. The summed E-state index contributed by atoms with van der Waals surface area (Å²) in [6, 6.07) is 0. The first-order valence-electron chi connectivity index (χ1n) is 12.2. The summed E-state index contributed by atoms with van der Waals surface area (Å²) in [6.45, 7) is 10.5. The van der Waals surface area contributed by atoms with E-state index in [0.717, 1.165) is 13.0 Å². The second-order valence-corrected chi connectivity index (χ2v) is 8.26. The highest BCUT2D eigenvalue weighted by Crippen LogP contribution is 2.15. The Balaban J connectivity index is 1.72. The molecule has 1 rings (SSSR count). The average molecular weight is 491 g/mol. The number of hydrogen-bond acceptors (Lipinski definition) is 10. The highest BCUT2D eigenvalue weighted by atomic mass is 16.6. The van der Waals surface area contributed by atoms with Gasteiger partial charge in [-0.15, -0.1) is 0 Å². The lowest BCUT2D eigenvalue weighted by Gasteiger charge is -2.09. The predicted molar refractivity (Wildman–Crippen MR) is 123 cm³/mol. The first kappa shape index (κ1) is 30.6. The minimum atomic E-state index is -1.20. The number of Topliss-reactive ketones (excluding diaryl/α,β-unsaturated/α-hetero) is 2. The zero-order valence-corrected chi connectivity index (χ0v) is 20.8. The van der Waals surface area contributed by atoms with Crippen molar-refractivity contribution >= 4 is 17.5 Å². The molecule has 1 saturated carbocycles. The topological polar surface area (TPSA) is 116 Å². The summed E-state index contributed by atoms with van der Waals surface area (Å²) in [6.07, 6.45) is 0.742. The van der Waals surface area contributed by atoms with Gasteiger partial charge in [-0.05, 0) is 18.8 Å². The van der Waals surface area contributed by atoms with Crippen LogP contribution in [-0.4, -0.2) is 103 Å². The Kier molecular flexibility index (Phi) is 18.8. The Morgan fingerprint density at radius 3 is 1.47 bits per heavy atom. The summed E-state index contributed by atoms with van der Waals surface area (Å²) in [5.74, 6) is -0.528. The van der Waals surface area contributed by atoms with Gasteiger partial charge in [0.2, 0.25) is 6.10 Å². The van der Waals surface area contributed by atoms with Crippen LogP contribution in [0.5, 0.6) is 0 Å². The Morgan fingerprint density at radius 2 is 1.06 bits per heavy atom. The van der Waals surface area contributed by atoms with E-state index in [2.05, 4.69) is 13.8 Å². The molecule has 0 aromatic heterocycles. The SMILES string of the molecule is CC(C)CCOCCOCCOCCOCCOCCOCCCC(=O)OC1C(=O)CCC1=O. The van der Waals surface area contributed by atoms with Crippen LogP contribution in [0.2, 0.25) is 0 Å². The molecule has 0 unspecified atom stereocenters. The van der Waals surface area contributed by atoms with Crippen LogP contribution in [-0.2, 0) is 47.5 Å². The van der Waals surface area contributed by atoms with Crippen LogP contribution in [0.25, 0.3) is 0 Å². The standard InChI is InChI=1S/C24H42O10/c1-20(2)7-9-29-11-13-31-15-17-33-19-18-32-16-14-30-12-10-28-8-3-4-23(27)34-24-21(25)5-6-22(24)26/h20,24H,3-19H2,1-2H3. The molecule has 0 heterocycles. The minimum Gasteiger partial charge on any atom is -0.446 e. The molecule has 1 aliphatic rings. The fourth-order valence-electron chi connectivity index (χ4n) is 2.85. The number of ether oxygens (including phenoxy) is 7. The van der Waals surface area contributed by atoms with E-state index in [4.69, 9.17) is 33.2 Å². The molecule has 0 aromatic carbocycles. The van der Waals surface area contributed by atoms with Crippen LogP contribution in [0.3, 0.4) is 0 Å². The number of rotatable bonds is 23. The first-order chi connectivity index (χ1) is 16.5. The largest absolute Gasteiger partial charge is 0.446 e. The summed E-state index contributed by atoms with van der Waals surface area (Å²) >= 11 is 0. The van der Waals surface area contributed by atoms with Gasteiger partial charge in [0.15, 0.2) is 11.6 Å². The molecule has 0 radical (unpaired) electrons. The Labute approximate surface area is 202 Å². The van der Waals surface area contributed by atoms with E-state index in [1.165, 1.54) is 0 Å². The van der Waals surface area contributed by atoms with Gasteiger partial charge >= 0.3 is 5.97 Å². The van der Waals surface area contributed by atoms with Gasteiger partial charge in [0, 0.05) is 32.5 Å². The Morgan fingerprint density at radius 1 is 0.676 bits per heavy atom. The second-order valence-electron chi connectivity index (χ2n) is 8.26. The van der Waals surface area contributed by atoms with Gasteiger partial charge in [0.05, 0.1) is 66.1 Å². The average Bonchev–Trinajstić information content (AvgIpc) is 3.11. The van der Waals surface area contributed by atoms with E-state index >= 15 is 0 Å². The summed E-state index contributed by atoms with van der Waals surface area (Å²) < 4.78 is 37.4. The highest BCUT2D eigenvalue weighted by Gasteiger charge is 2.35. The van der Waals surface area contributed by atoms with Crippen LogP contribution < -0.4 is 0 Å². The number of esters is 1. The molecule has 0 aromatic rings. The first-order valence-corrected chi connectivity index (χ1v) is 12.2. The van der Waals surface area contributed by atoms with Gasteiger partial charge in [-0.1, -0.05) is 13.8 Å². The zero-order chi connectivity index (χ0) is 24.9. The number of ketones is 2. The molecule has 0 saturated heterocycles. The van der Waals surface area contributed by atoms with Crippen LogP contribution >= 0.6 is 0 Å². The van der Waals surface area contributed by atoms with Gasteiger partial charge in [-0.2, -0.15) is 0 Å². The fourth-order valence-corrected chi connectivity index (χ4v) is 2.85. The van der Waals surface area contributed by atoms with Gasteiger partial charge in [-0.3, -0.25) is 14.4 Å². The quantitative estimate of drug-likeness (QED) is 0.119. The molecule has 10 heteroatoms. The van der Waals surface area contributed by atoms with E-state index in [-0.39, 0.29) is 30.8 Å². The molecule has 0 aliphatic heterocycles. The monoisotopic (exact) mass is 490 g/mol. The molecule has 10 nitrogen and oxygen atoms in total. The molecule has 0 amide bonds. The summed E-state index contributed by atoms with van der Waals surface area (Å²) in [5.41, 5.74) is 0. The lowest BCUT2D eigenvalue weighted by atomic mass is 10.1. The number of carbonyl (C=O) groups excluding carboxylic acids is 3. The molecule has 0 spiro atoms. The van der Waals surface area contributed by atoms with Crippen LogP contribution in [0.1, 0.15) is 46.0 Å². The van der Waals surface area contributed by atoms with E-state index in [9.17, 15) is 14.4 Å². The van der Waals surface area contributed by atoms with Crippen molar-refractivity contribution < 1.29 is 47.5 Å². The van der Waals surface area contributed by atoms with Crippen molar-refractivity contribution in [1.82, 2.24) is 0 Å². The van der Waals surface area contributed by atoms with Crippen molar-refractivity contribution in [3.63, 3.8) is 0 Å². The van der Waals surface area contributed by atoms with Crippen molar-refractivity contribution in [3.05, 3.63) is 0 Å². The van der Waals surface area contributed by atoms with E-state index in [0.29, 0.717) is 85.0 Å². The molecule has 34 heavy (non-hydrogen) atoms. The van der Waals surface area contributed by atoms with E-state index in [1.807, 2.05) is 0 Å². The van der Waals surface area contributed by atoms with E-state index < -0.39 is 12.1 Å². The third-order valence-corrected chi connectivity index (χ3v) is 4.82. The lowest BCUT2D eigenvalue weighted by molar-refractivity contribution is -0.157. The van der Waals surface area contributed by atoms with Crippen molar-refractivity contribution in [2.75, 3.05) is 79.3 Å². The molecule has 0 N–H and O–H groups in total. The van der Waals surface area contributed by atoms with Crippen LogP contribution in [0.4, 0.5) is 0 Å². The maximum absolute atomic E-state index is 11.7. The summed E-state index contributed by atoms with van der Waals surface area (Å²) in [5, 5.41) is 0. The highest BCUT2D eigenvalue weighted by molar-refractivity contribution is 6.12. The molecule has 0 atom stereocenters. The van der Waals surface area contributed by atoms with Crippen molar-refractivity contribution in [2.45, 2.75) is 52.1 Å². The zero-order valence-electron chi connectivity index (χ0n) is 20.8. The van der Waals surface area contributed by atoms with Crippen LogP contribution in [0.15, 0.2) is 0 Å². The van der Waals surface area contributed by atoms with Gasteiger partial charge < -0.3 is 33.2 Å². The summed E-state index contributed by atoms with van der Waals surface area (Å²) in [7, 11) is 0. The predicted octanol–water partition coefficient (Wildman–Crippen LogP) is 1.76. The third kappa shape index (κ3) is 17.1. The molecule has 1 aliphatic carbocycles. The van der Waals surface area contributed by atoms with Gasteiger partial charge in [-0.25, -0.2) is 0 Å².